The molecule has 1 saturated heterocycles. The number of anilines is 1. The molecule has 1 aliphatic rings. The van der Waals surface area contributed by atoms with Gasteiger partial charge in [-0.05, 0) is 44.0 Å². The van der Waals surface area contributed by atoms with E-state index in [1.165, 1.54) is 16.6 Å². The lowest BCUT2D eigenvalue weighted by Crippen LogP contribution is -2.36. The molecule has 1 radical (unpaired) electrons. The van der Waals surface area contributed by atoms with E-state index < -0.39 is 0 Å². The van der Waals surface area contributed by atoms with Gasteiger partial charge in [0.05, 0.1) is 18.7 Å². The van der Waals surface area contributed by atoms with Crippen molar-refractivity contribution in [3.63, 3.8) is 0 Å². The maximum absolute atomic E-state index is 5.43. The third kappa shape index (κ3) is 2.30. The van der Waals surface area contributed by atoms with Crippen LogP contribution in [0.3, 0.4) is 0 Å². The molecular weight excluding hydrogens is 236 g/mol. The van der Waals surface area contributed by atoms with Crippen LogP contribution in [-0.2, 0) is 11.2 Å². The number of ether oxygens (including phenoxy) is 1. The summed E-state index contributed by atoms with van der Waals surface area (Å²) in [7, 11) is 0. The van der Waals surface area contributed by atoms with Crippen LogP contribution in [0, 0.1) is 13.8 Å². The Labute approximate surface area is 114 Å². The Morgan fingerprint density at radius 3 is 2.74 bits per heavy atom. The zero-order chi connectivity index (χ0) is 13.2. The fourth-order valence-electron chi connectivity index (χ4n) is 2.72. The number of aromatic nitrogens is 1. The van der Waals surface area contributed by atoms with Gasteiger partial charge >= 0.3 is 0 Å². The quantitative estimate of drug-likeness (QED) is 0.825. The van der Waals surface area contributed by atoms with Crippen LogP contribution < -0.4 is 4.90 Å². The van der Waals surface area contributed by atoms with Crippen LogP contribution in [0.2, 0.25) is 0 Å². The van der Waals surface area contributed by atoms with Crippen molar-refractivity contribution in [1.82, 2.24) is 4.98 Å². The molecule has 0 saturated carbocycles. The maximum atomic E-state index is 5.43. The summed E-state index contributed by atoms with van der Waals surface area (Å²) >= 11 is 0. The lowest BCUT2D eigenvalue weighted by molar-refractivity contribution is 0.122. The third-order valence-electron chi connectivity index (χ3n) is 3.70. The molecule has 0 spiro atoms. The molecule has 0 atom stereocenters. The second-order valence-corrected chi connectivity index (χ2v) is 4.93. The topological polar surface area (TPSA) is 25.4 Å². The summed E-state index contributed by atoms with van der Waals surface area (Å²) < 4.78 is 5.43. The van der Waals surface area contributed by atoms with Gasteiger partial charge in [-0.2, -0.15) is 0 Å². The highest BCUT2D eigenvalue weighted by Crippen LogP contribution is 2.29. The summed E-state index contributed by atoms with van der Waals surface area (Å²) in [6, 6.07) is 8.54. The Kier molecular flexibility index (Phi) is 3.38. The normalized spacial score (nSPS) is 16.0. The van der Waals surface area contributed by atoms with Crippen LogP contribution in [0.15, 0.2) is 24.3 Å². The van der Waals surface area contributed by atoms with Crippen LogP contribution in [0.5, 0.6) is 0 Å². The summed E-state index contributed by atoms with van der Waals surface area (Å²) in [5, 5.41) is 1.23. The molecule has 1 aromatic heterocycles. The Morgan fingerprint density at radius 2 is 2.00 bits per heavy atom. The van der Waals surface area contributed by atoms with Crippen LogP contribution in [0.25, 0.3) is 10.9 Å². The second-order valence-electron chi connectivity index (χ2n) is 4.93. The summed E-state index contributed by atoms with van der Waals surface area (Å²) in [6.07, 6.45) is 0.786. The predicted octanol–water partition coefficient (Wildman–Crippen LogP) is 2.76. The highest BCUT2D eigenvalue weighted by Gasteiger charge is 2.16. The van der Waals surface area contributed by atoms with E-state index in [1.807, 2.05) is 6.92 Å². The number of hydrogen-bond acceptors (Lipinski definition) is 3. The molecule has 0 bridgehead atoms. The maximum Gasteiger partial charge on any atom is 0.0709 e. The fraction of sp³-hybridized carbons (Fsp3) is 0.375. The monoisotopic (exact) mass is 255 g/mol. The molecule has 3 rings (SSSR count). The zero-order valence-electron chi connectivity index (χ0n) is 11.4. The van der Waals surface area contributed by atoms with Crippen LogP contribution in [0.4, 0.5) is 5.69 Å². The van der Waals surface area contributed by atoms with Gasteiger partial charge in [0.25, 0.3) is 0 Å². The minimum absolute atomic E-state index is 0.786. The number of benzene rings is 1. The van der Waals surface area contributed by atoms with Crippen molar-refractivity contribution in [3.05, 3.63) is 42.4 Å². The average molecular weight is 255 g/mol. The van der Waals surface area contributed by atoms with E-state index in [2.05, 4.69) is 41.1 Å². The highest BCUT2D eigenvalue weighted by atomic mass is 16.5. The fourth-order valence-corrected chi connectivity index (χ4v) is 2.72. The average Bonchev–Trinajstić information content (AvgIpc) is 2.46. The van der Waals surface area contributed by atoms with Crippen molar-refractivity contribution in [2.24, 2.45) is 0 Å². The highest BCUT2D eigenvalue weighted by molar-refractivity contribution is 5.88. The first-order valence-electron chi connectivity index (χ1n) is 6.81. The van der Waals surface area contributed by atoms with Gasteiger partial charge < -0.3 is 9.64 Å². The van der Waals surface area contributed by atoms with Crippen LogP contribution >= 0.6 is 0 Å². The molecule has 3 nitrogen and oxygen atoms in total. The molecule has 0 aliphatic carbocycles. The summed E-state index contributed by atoms with van der Waals surface area (Å²) in [5.41, 5.74) is 4.71. The summed E-state index contributed by atoms with van der Waals surface area (Å²) in [4.78, 5) is 6.99. The van der Waals surface area contributed by atoms with Crippen molar-refractivity contribution < 1.29 is 4.74 Å². The summed E-state index contributed by atoms with van der Waals surface area (Å²) in [5.74, 6) is 0. The number of aryl methyl sites for hydroxylation is 1. The standard InChI is InChI=1S/C16H19N2O/c1-3-13-14-5-4-12(2)17-15(14)6-7-16(13)18-8-10-19-11-9-18/h4-7H,1,3,8-11H2,2H3. The number of morpholine rings is 1. The van der Waals surface area contributed by atoms with Gasteiger partial charge in [-0.1, -0.05) is 6.07 Å². The molecule has 2 heterocycles. The van der Waals surface area contributed by atoms with Crippen molar-refractivity contribution in [1.29, 1.82) is 0 Å². The lowest BCUT2D eigenvalue weighted by Gasteiger charge is -2.31. The minimum Gasteiger partial charge on any atom is -0.378 e. The van der Waals surface area contributed by atoms with Gasteiger partial charge in [0.1, 0.15) is 0 Å². The first-order valence-corrected chi connectivity index (χ1v) is 6.81. The van der Waals surface area contributed by atoms with E-state index >= 15 is 0 Å². The number of fused-ring (bicyclic) bond motifs is 1. The number of pyridine rings is 1. The van der Waals surface area contributed by atoms with E-state index in [-0.39, 0.29) is 0 Å². The van der Waals surface area contributed by atoms with E-state index in [0.717, 1.165) is 43.9 Å². The molecule has 2 aromatic rings. The van der Waals surface area contributed by atoms with Crippen molar-refractivity contribution >= 4 is 16.6 Å². The first kappa shape index (κ1) is 12.4. The minimum atomic E-state index is 0.786. The molecule has 19 heavy (non-hydrogen) atoms. The largest absolute Gasteiger partial charge is 0.378 e. The molecule has 0 amide bonds. The van der Waals surface area contributed by atoms with Crippen LogP contribution in [0.1, 0.15) is 11.3 Å². The van der Waals surface area contributed by atoms with Crippen molar-refractivity contribution in [2.45, 2.75) is 13.3 Å². The molecular formula is C16H19N2O. The first-order chi connectivity index (χ1) is 9.29. The number of nitrogens with zero attached hydrogens (tertiary/aromatic N) is 2. The van der Waals surface area contributed by atoms with E-state index in [1.54, 1.807) is 0 Å². The molecule has 1 fully saturated rings. The Morgan fingerprint density at radius 1 is 1.21 bits per heavy atom. The smallest absolute Gasteiger partial charge is 0.0709 e. The van der Waals surface area contributed by atoms with E-state index in [0.29, 0.717) is 0 Å². The van der Waals surface area contributed by atoms with Gasteiger partial charge in [0.2, 0.25) is 0 Å². The van der Waals surface area contributed by atoms with E-state index in [9.17, 15) is 0 Å². The second kappa shape index (κ2) is 5.17. The Balaban J connectivity index is 2.11. The lowest BCUT2D eigenvalue weighted by atomic mass is 10.0. The zero-order valence-corrected chi connectivity index (χ0v) is 11.4. The SMILES string of the molecule is [CH2]Cc1c(N2CCOCC2)ccc2nc(C)ccc12. The van der Waals surface area contributed by atoms with Crippen LogP contribution in [-0.4, -0.2) is 31.3 Å². The number of rotatable bonds is 2. The van der Waals surface area contributed by atoms with Gasteiger partial charge in [0, 0.05) is 29.9 Å². The number of hydrogen-bond donors (Lipinski definition) is 0. The predicted molar refractivity (Wildman–Crippen MR) is 78.6 cm³/mol. The molecule has 1 aromatic carbocycles. The van der Waals surface area contributed by atoms with Gasteiger partial charge in [-0.3, -0.25) is 4.98 Å². The summed E-state index contributed by atoms with van der Waals surface area (Å²) in [6.45, 7) is 9.65. The molecule has 0 N–H and O–H groups in total. The van der Waals surface area contributed by atoms with Crippen molar-refractivity contribution in [3.8, 4) is 0 Å². The molecule has 1 aliphatic heterocycles. The van der Waals surface area contributed by atoms with Gasteiger partial charge in [-0.25, -0.2) is 0 Å². The van der Waals surface area contributed by atoms with E-state index in [4.69, 9.17) is 4.74 Å². The van der Waals surface area contributed by atoms with Crippen molar-refractivity contribution in [2.75, 3.05) is 31.2 Å². The van der Waals surface area contributed by atoms with Gasteiger partial charge in [-0.15, -0.1) is 0 Å². The Bertz CT molecular complexity index is 589. The molecule has 99 valence electrons. The third-order valence-corrected chi connectivity index (χ3v) is 3.70. The van der Waals surface area contributed by atoms with Gasteiger partial charge in [0.15, 0.2) is 0 Å². The Hall–Kier alpha value is -1.61. The molecule has 3 heteroatoms. The molecule has 0 unspecified atom stereocenters.